The summed E-state index contributed by atoms with van der Waals surface area (Å²) in [6, 6.07) is 4.15. The van der Waals surface area contributed by atoms with Crippen LogP contribution in [0.1, 0.15) is 13.3 Å². The second kappa shape index (κ2) is 5.52. The lowest BCUT2D eigenvalue weighted by atomic mass is 9.93. The van der Waals surface area contributed by atoms with Gasteiger partial charge in [0.05, 0.1) is 10.6 Å². The molecule has 0 saturated carbocycles. The predicted octanol–water partition coefficient (Wildman–Crippen LogP) is 4.11. The maximum atomic E-state index is 4.63. The summed E-state index contributed by atoms with van der Waals surface area (Å²) in [5.41, 5.74) is 2.23. The summed E-state index contributed by atoms with van der Waals surface area (Å²) in [6.07, 6.45) is 7.50. The highest BCUT2D eigenvalue weighted by atomic mass is 32.1. The van der Waals surface area contributed by atoms with E-state index in [4.69, 9.17) is 0 Å². The lowest BCUT2D eigenvalue weighted by Crippen LogP contribution is -2.38. The largest absolute Gasteiger partial charge is 0.332 e. The van der Waals surface area contributed by atoms with Gasteiger partial charge in [-0.25, -0.2) is 4.98 Å². The zero-order valence-electron chi connectivity index (χ0n) is 11.5. The van der Waals surface area contributed by atoms with Crippen LogP contribution in [0, 0.1) is 0 Å². The van der Waals surface area contributed by atoms with Crippen molar-refractivity contribution >= 4 is 27.8 Å². The van der Waals surface area contributed by atoms with Gasteiger partial charge in [-0.15, -0.1) is 22.7 Å². The van der Waals surface area contributed by atoms with Crippen molar-refractivity contribution in [2.75, 3.05) is 12.4 Å². The van der Waals surface area contributed by atoms with E-state index in [9.17, 15) is 0 Å². The number of likely N-dealkylation sites (N-methyl/N-ethyl adjacent to an activating group) is 1. The molecule has 3 nitrogen and oxygen atoms in total. The molecule has 1 aliphatic rings. The van der Waals surface area contributed by atoms with Gasteiger partial charge in [0.15, 0.2) is 5.13 Å². The Morgan fingerprint density at radius 3 is 2.90 bits per heavy atom. The standard InChI is InChI=1S/C15H17N3S2/c1-15(16-2)7-5-11(6-8-15)17-14-18-12(10-20-14)13-4-3-9-19-13/h3-7,9-10,16H,8H2,1-2H3,(H,17,18). The number of aromatic nitrogens is 1. The van der Waals surface area contributed by atoms with Crippen LogP contribution < -0.4 is 10.6 Å². The number of rotatable bonds is 4. The lowest BCUT2D eigenvalue weighted by Gasteiger charge is -2.27. The Kier molecular flexibility index (Phi) is 3.74. The van der Waals surface area contributed by atoms with Gasteiger partial charge in [-0.3, -0.25) is 0 Å². The molecule has 0 fully saturated rings. The summed E-state index contributed by atoms with van der Waals surface area (Å²) in [5.74, 6) is 0. The molecule has 2 N–H and O–H groups in total. The molecule has 2 aromatic rings. The van der Waals surface area contributed by atoms with E-state index in [2.05, 4.69) is 63.7 Å². The molecule has 104 valence electrons. The minimum absolute atomic E-state index is 0.0657. The van der Waals surface area contributed by atoms with E-state index in [1.165, 1.54) is 4.88 Å². The third kappa shape index (κ3) is 2.85. The van der Waals surface area contributed by atoms with Crippen LogP contribution in [0.3, 0.4) is 0 Å². The number of allylic oxidation sites excluding steroid dienone is 1. The first-order chi connectivity index (χ1) is 9.68. The minimum atomic E-state index is 0.0657. The second-order valence-electron chi connectivity index (χ2n) is 5.00. The van der Waals surface area contributed by atoms with Crippen molar-refractivity contribution in [1.82, 2.24) is 10.3 Å². The molecular formula is C15H17N3S2. The highest BCUT2D eigenvalue weighted by molar-refractivity contribution is 7.16. The van der Waals surface area contributed by atoms with Gasteiger partial charge in [0.2, 0.25) is 0 Å². The third-order valence-corrected chi connectivity index (χ3v) is 5.13. The van der Waals surface area contributed by atoms with Gasteiger partial charge in [0, 0.05) is 16.6 Å². The van der Waals surface area contributed by atoms with Crippen LogP contribution in [0.15, 0.2) is 46.8 Å². The highest BCUT2D eigenvalue weighted by Crippen LogP contribution is 2.29. The van der Waals surface area contributed by atoms with E-state index < -0.39 is 0 Å². The Morgan fingerprint density at radius 1 is 1.35 bits per heavy atom. The van der Waals surface area contributed by atoms with Gasteiger partial charge < -0.3 is 10.6 Å². The second-order valence-corrected chi connectivity index (χ2v) is 6.81. The van der Waals surface area contributed by atoms with Crippen molar-refractivity contribution in [2.24, 2.45) is 0 Å². The van der Waals surface area contributed by atoms with Crippen molar-refractivity contribution in [3.8, 4) is 10.6 Å². The van der Waals surface area contributed by atoms with Crippen molar-refractivity contribution in [1.29, 1.82) is 0 Å². The number of anilines is 1. The van der Waals surface area contributed by atoms with E-state index in [0.29, 0.717) is 0 Å². The molecule has 1 aliphatic carbocycles. The van der Waals surface area contributed by atoms with Crippen LogP contribution >= 0.6 is 22.7 Å². The van der Waals surface area contributed by atoms with Gasteiger partial charge >= 0.3 is 0 Å². The van der Waals surface area contributed by atoms with Crippen molar-refractivity contribution in [3.63, 3.8) is 0 Å². The topological polar surface area (TPSA) is 37.0 Å². The first-order valence-electron chi connectivity index (χ1n) is 6.53. The van der Waals surface area contributed by atoms with Crippen LogP contribution in [0.25, 0.3) is 10.6 Å². The van der Waals surface area contributed by atoms with Gasteiger partial charge in [-0.2, -0.15) is 0 Å². The van der Waals surface area contributed by atoms with Crippen molar-refractivity contribution in [3.05, 3.63) is 46.8 Å². The molecule has 3 rings (SSSR count). The molecule has 0 bridgehead atoms. The van der Waals surface area contributed by atoms with E-state index in [0.717, 1.165) is 22.9 Å². The summed E-state index contributed by atoms with van der Waals surface area (Å²) < 4.78 is 0. The van der Waals surface area contributed by atoms with E-state index >= 15 is 0 Å². The van der Waals surface area contributed by atoms with Crippen LogP contribution in [0.2, 0.25) is 0 Å². The van der Waals surface area contributed by atoms with Crippen LogP contribution in [0.4, 0.5) is 5.13 Å². The zero-order valence-corrected chi connectivity index (χ0v) is 13.1. The highest BCUT2D eigenvalue weighted by Gasteiger charge is 2.20. The first kappa shape index (κ1) is 13.5. The molecule has 0 aliphatic heterocycles. The summed E-state index contributed by atoms with van der Waals surface area (Å²) in [4.78, 5) is 5.84. The maximum absolute atomic E-state index is 4.63. The van der Waals surface area contributed by atoms with Crippen LogP contribution in [-0.4, -0.2) is 17.6 Å². The lowest BCUT2D eigenvalue weighted by molar-refractivity contribution is 0.480. The molecule has 0 amide bonds. The fraction of sp³-hybridized carbons (Fsp3) is 0.267. The number of hydrogen-bond donors (Lipinski definition) is 2. The Hall–Kier alpha value is -1.43. The predicted molar refractivity (Wildman–Crippen MR) is 88.4 cm³/mol. The molecule has 2 aromatic heterocycles. The van der Waals surface area contributed by atoms with Gasteiger partial charge in [0.1, 0.15) is 0 Å². The molecule has 0 spiro atoms. The third-order valence-electron chi connectivity index (χ3n) is 3.48. The Balaban J connectivity index is 1.69. The SMILES string of the molecule is CNC1(C)C=CC(Nc2nc(-c3cccs3)cs2)=CC1. The molecule has 1 atom stereocenters. The number of nitrogens with one attached hydrogen (secondary N) is 2. The number of thiazole rings is 1. The molecule has 0 aromatic carbocycles. The molecular weight excluding hydrogens is 286 g/mol. The quantitative estimate of drug-likeness (QED) is 0.892. The van der Waals surface area contributed by atoms with Gasteiger partial charge in [-0.05, 0) is 37.9 Å². The van der Waals surface area contributed by atoms with E-state index in [1.807, 2.05) is 7.05 Å². The summed E-state index contributed by atoms with van der Waals surface area (Å²) >= 11 is 3.36. The Labute approximate surface area is 127 Å². The number of nitrogens with zero attached hydrogens (tertiary/aromatic N) is 1. The molecule has 20 heavy (non-hydrogen) atoms. The molecule has 0 saturated heterocycles. The Bertz CT molecular complexity index is 640. The van der Waals surface area contributed by atoms with Crippen LogP contribution in [0.5, 0.6) is 0 Å². The smallest absolute Gasteiger partial charge is 0.187 e. The fourth-order valence-corrected chi connectivity index (χ4v) is 3.49. The first-order valence-corrected chi connectivity index (χ1v) is 8.29. The molecule has 5 heteroatoms. The zero-order chi connectivity index (χ0) is 14.0. The van der Waals surface area contributed by atoms with Crippen molar-refractivity contribution < 1.29 is 0 Å². The number of thiophene rings is 1. The maximum Gasteiger partial charge on any atom is 0.187 e. The number of hydrogen-bond acceptors (Lipinski definition) is 5. The van der Waals surface area contributed by atoms with Crippen LogP contribution in [-0.2, 0) is 0 Å². The Morgan fingerprint density at radius 2 is 2.25 bits per heavy atom. The van der Waals surface area contributed by atoms with E-state index in [1.54, 1.807) is 22.7 Å². The molecule has 1 unspecified atom stereocenters. The van der Waals surface area contributed by atoms with Gasteiger partial charge in [0.25, 0.3) is 0 Å². The average molecular weight is 303 g/mol. The monoisotopic (exact) mass is 303 g/mol. The van der Waals surface area contributed by atoms with Gasteiger partial charge in [-0.1, -0.05) is 18.2 Å². The summed E-state index contributed by atoms with van der Waals surface area (Å²) in [6.45, 7) is 2.19. The normalized spacial score (nSPS) is 21.8. The minimum Gasteiger partial charge on any atom is -0.332 e. The average Bonchev–Trinajstić information content (AvgIpc) is 3.12. The molecule has 2 heterocycles. The summed E-state index contributed by atoms with van der Waals surface area (Å²) in [5, 5.41) is 11.8. The summed E-state index contributed by atoms with van der Waals surface area (Å²) in [7, 11) is 1.99. The van der Waals surface area contributed by atoms with Crippen molar-refractivity contribution in [2.45, 2.75) is 18.9 Å². The fourth-order valence-electron chi connectivity index (χ4n) is 2.00. The molecule has 0 radical (unpaired) electrons. The van der Waals surface area contributed by atoms with E-state index in [-0.39, 0.29) is 5.54 Å².